The molecule has 0 radical (unpaired) electrons. The SMILES string of the molecule is CNc1nc2c(OC)cc([N+](=O)[O-])cc2cc1C(C)C. The van der Waals surface area contributed by atoms with Crippen molar-refractivity contribution in [1.29, 1.82) is 0 Å². The number of aromatic nitrogens is 1. The Labute approximate surface area is 116 Å². The normalized spacial score (nSPS) is 10.8. The Bertz CT molecular complexity index is 668. The number of nitrogens with zero attached hydrogens (tertiary/aromatic N) is 2. The predicted octanol–water partition coefficient (Wildman–Crippen LogP) is 3.32. The van der Waals surface area contributed by atoms with E-state index in [1.54, 1.807) is 7.05 Å². The van der Waals surface area contributed by atoms with Gasteiger partial charge in [-0.05, 0) is 17.5 Å². The minimum absolute atomic E-state index is 0.00284. The molecule has 6 nitrogen and oxygen atoms in total. The molecular weight excluding hydrogens is 258 g/mol. The van der Waals surface area contributed by atoms with Crippen molar-refractivity contribution in [3.8, 4) is 5.75 Å². The number of anilines is 1. The minimum atomic E-state index is -0.428. The molecule has 0 saturated heterocycles. The van der Waals surface area contributed by atoms with Crippen LogP contribution >= 0.6 is 0 Å². The third kappa shape index (κ3) is 2.36. The van der Waals surface area contributed by atoms with Gasteiger partial charge < -0.3 is 10.1 Å². The van der Waals surface area contributed by atoms with Crippen molar-refractivity contribution in [2.24, 2.45) is 0 Å². The van der Waals surface area contributed by atoms with Gasteiger partial charge in [-0.2, -0.15) is 0 Å². The number of ether oxygens (including phenoxy) is 1. The fourth-order valence-electron chi connectivity index (χ4n) is 2.16. The summed E-state index contributed by atoms with van der Waals surface area (Å²) in [5.74, 6) is 1.43. The van der Waals surface area contributed by atoms with Crippen LogP contribution in [0.1, 0.15) is 25.3 Å². The van der Waals surface area contributed by atoms with E-state index in [-0.39, 0.29) is 11.6 Å². The van der Waals surface area contributed by atoms with E-state index < -0.39 is 4.92 Å². The second-order valence-corrected chi connectivity index (χ2v) is 4.81. The summed E-state index contributed by atoms with van der Waals surface area (Å²) in [6.45, 7) is 4.11. The van der Waals surface area contributed by atoms with Crippen LogP contribution in [0.3, 0.4) is 0 Å². The number of fused-ring (bicyclic) bond motifs is 1. The first-order chi connectivity index (χ1) is 9.47. The smallest absolute Gasteiger partial charge is 0.273 e. The summed E-state index contributed by atoms with van der Waals surface area (Å²) < 4.78 is 5.22. The van der Waals surface area contributed by atoms with E-state index in [2.05, 4.69) is 24.1 Å². The molecule has 2 rings (SSSR count). The minimum Gasteiger partial charge on any atom is -0.494 e. The van der Waals surface area contributed by atoms with Crippen LogP contribution in [0.25, 0.3) is 10.9 Å². The van der Waals surface area contributed by atoms with Crippen LogP contribution < -0.4 is 10.1 Å². The molecule has 1 heterocycles. The van der Waals surface area contributed by atoms with Crippen LogP contribution in [-0.4, -0.2) is 24.1 Å². The molecule has 1 aromatic carbocycles. The Morgan fingerprint density at radius 2 is 2.05 bits per heavy atom. The van der Waals surface area contributed by atoms with Gasteiger partial charge in [0.1, 0.15) is 11.3 Å². The van der Waals surface area contributed by atoms with Gasteiger partial charge in [-0.15, -0.1) is 0 Å². The topological polar surface area (TPSA) is 77.3 Å². The van der Waals surface area contributed by atoms with Crippen LogP contribution in [0.15, 0.2) is 18.2 Å². The second kappa shape index (κ2) is 5.32. The third-order valence-corrected chi connectivity index (χ3v) is 3.19. The van der Waals surface area contributed by atoms with Crippen molar-refractivity contribution >= 4 is 22.4 Å². The Hall–Kier alpha value is -2.37. The zero-order valence-corrected chi connectivity index (χ0v) is 11.9. The maximum Gasteiger partial charge on any atom is 0.273 e. The van der Waals surface area contributed by atoms with Gasteiger partial charge in [0.15, 0.2) is 5.75 Å². The highest BCUT2D eigenvalue weighted by atomic mass is 16.6. The second-order valence-electron chi connectivity index (χ2n) is 4.81. The van der Waals surface area contributed by atoms with E-state index in [0.29, 0.717) is 16.7 Å². The van der Waals surface area contributed by atoms with Crippen LogP contribution in [0.5, 0.6) is 5.75 Å². The zero-order valence-electron chi connectivity index (χ0n) is 11.9. The average molecular weight is 275 g/mol. The average Bonchev–Trinajstić information content (AvgIpc) is 2.44. The number of nitro groups is 1. The molecule has 0 unspecified atom stereocenters. The molecule has 0 saturated carbocycles. The van der Waals surface area contributed by atoms with Gasteiger partial charge >= 0.3 is 0 Å². The van der Waals surface area contributed by atoms with Gasteiger partial charge in [-0.1, -0.05) is 13.8 Å². The lowest BCUT2D eigenvalue weighted by molar-refractivity contribution is -0.384. The molecule has 0 aliphatic heterocycles. The monoisotopic (exact) mass is 275 g/mol. The standard InChI is InChI=1S/C14H17N3O3/c1-8(2)11-6-9-5-10(17(18)19)7-12(20-4)13(9)16-14(11)15-3/h5-8H,1-4H3,(H,15,16). The van der Waals surface area contributed by atoms with E-state index in [4.69, 9.17) is 4.74 Å². The molecule has 0 amide bonds. The molecule has 20 heavy (non-hydrogen) atoms. The van der Waals surface area contributed by atoms with Gasteiger partial charge in [0.05, 0.1) is 18.1 Å². The van der Waals surface area contributed by atoms with Gasteiger partial charge in [0, 0.05) is 18.5 Å². The summed E-state index contributed by atoms with van der Waals surface area (Å²) in [7, 11) is 3.29. The third-order valence-electron chi connectivity index (χ3n) is 3.19. The summed E-state index contributed by atoms with van der Waals surface area (Å²) in [5, 5.41) is 14.7. The number of non-ortho nitro benzene ring substituents is 1. The number of methoxy groups -OCH3 is 1. The van der Waals surface area contributed by atoms with Crippen molar-refractivity contribution in [2.75, 3.05) is 19.5 Å². The van der Waals surface area contributed by atoms with E-state index in [1.807, 2.05) is 6.07 Å². The predicted molar refractivity (Wildman–Crippen MR) is 78.6 cm³/mol. The number of pyridine rings is 1. The first kappa shape index (κ1) is 14.0. The first-order valence-electron chi connectivity index (χ1n) is 6.32. The summed E-state index contributed by atoms with van der Waals surface area (Å²) >= 11 is 0. The summed E-state index contributed by atoms with van der Waals surface area (Å²) in [6.07, 6.45) is 0. The Kier molecular flexibility index (Phi) is 3.74. The molecule has 106 valence electrons. The molecular formula is C14H17N3O3. The maximum absolute atomic E-state index is 11.0. The number of hydrogen-bond acceptors (Lipinski definition) is 5. The van der Waals surface area contributed by atoms with Gasteiger partial charge in [0.2, 0.25) is 0 Å². The molecule has 0 bridgehead atoms. The molecule has 1 aromatic heterocycles. The van der Waals surface area contributed by atoms with Gasteiger partial charge in [0.25, 0.3) is 5.69 Å². The molecule has 0 atom stereocenters. The molecule has 2 aromatic rings. The highest BCUT2D eigenvalue weighted by molar-refractivity contribution is 5.89. The van der Waals surface area contributed by atoms with E-state index >= 15 is 0 Å². The molecule has 0 fully saturated rings. The molecule has 1 N–H and O–H groups in total. The highest BCUT2D eigenvalue weighted by Crippen LogP contribution is 2.34. The van der Waals surface area contributed by atoms with Crippen molar-refractivity contribution in [3.63, 3.8) is 0 Å². The number of nitro benzene ring substituents is 1. The van der Waals surface area contributed by atoms with Crippen LogP contribution in [0.2, 0.25) is 0 Å². The summed E-state index contributed by atoms with van der Waals surface area (Å²) in [6, 6.07) is 4.84. The number of rotatable bonds is 4. The summed E-state index contributed by atoms with van der Waals surface area (Å²) in [5.41, 5.74) is 1.64. The van der Waals surface area contributed by atoms with Gasteiger partial charge in [-0.25, -0.2) is 4.98 Å². The van der Waals surface area contributed by atoms with Crippen molar-refractivity contribution in [1.82, 2.24) is 4.98 Å². The van der Waals surface area contributed by atoms with Gasteiger partial charge in [-0.3, -0.25) is 10.1 Å². The molecule has 0 aliphatic carbocycles. The van der Waals surface area contributed by atoms with Crippen molar-refractivity contribution < 1.29 is 9.66 Å². The number of hydrogen-bond donors (Lipinski definition) is 1. The van der Waals surface area contributed by atoms with E-state index in [1.165, 1.54) is 19.2 Å². The van der Waals surface area contributed by atoms with E-state index in [0.717, 1.165) is 11.4 Å². The largest absolute Gasteiger partial charge is 0.494 e. The number of benzene rings is 1. The lowest BCUT2D eigenvalue weighted by Gasteiger charge is -2.14. The highest BCUT2D eigenvalue weighted by Gasteiger charge is 2.16. The lowest BCUT2D eigenvalue weighted by Crippen LogP contribution is -2.02. The lowest BCUT2D eigenvalue weighted by atomic mass is 10.0. The fourth-order valence-corrected chi connectivity index (χ4v) is 2.16. The number of nitrogens with one attached hydrogen (secondary N) is 1. The molecule has 0 aliphatic rings. The van der Waals surface area contributed by atoms with Crippen LogP contribution in [0.4, 0.5) is 11.5 Å². The van der Waals surface area contributed by atoms with Crippen molar-refractivity contribution in [3.05, 3.63) is 33.9 Å². The fraction of sp³-hybridized carbons (Fsp3) is 0.357. The quantitative estimate of drug-likeness (QED) is 0.684. The summed E-state index contributed by atoms with van der Waals surface area (Å²) in [4.78, 5) is 15.1. The van der Waals surface area contributed by atoms with E-state index in [9.17, 15) is 10.1 Å². The maximum atomic E-state index is 11.0. The zero-order chi connectivity index (χ0) is 14.9. The Morgan fingerprint density at radius 1 is 1.35 bits per heavy atom. The molecule has 0 spiro atoms. The Balaban J connectivity index is 2.80. The van der Waals surface area contributed by atoms with Crippen molar-refractivity contribution in [2.45, 2.75) is 19.8 Å². The van der Waals surface area contributed by atoms with Crippen LogP contribution in [-0.2, 0) is 0 Å². The Morgan fingerprint density at radius 3 is 2.55 bits per heavy atom. The van der Waals surface area contributed by atoms with Crippen LogP contribution in [0, 0.1) is 10.1 Å². The molecule has 6 heteroatoms. The first-order valence-corrected chi connectivity index (χ1v) is 6.32.